The van der Waals surface area contributed by atoms with Crippen LogP contribution in [0.25, 0.3) is 6.08 Å². The molecule has 2 nitrogen and oxygen atoms in total. The molecule has 0 aromatic heterocycles. The van der Waals surface area contributed by atoms with Gasteiger partial charge < -0.3 is 5.32 Å². The summed E-state index contributed by atoms with van der Waals surface area (Å²) in [5.74, 6) is -0.686. The quantitative estimate of drug-likeness (QED) is 0.750. The molecule has 1 aromatic rings. The lowest BCUT2D eigenvalue weighted by Gasteiger charge is -1.96. The smallest absolute Gasteiger partial charge is 0.243 e. The van der Waals surface area contributed by atoms with E-state index in [0.717, 1.165) is 0 Å². The van der Waals surface area contributed by atoms with Gasteiger partial charge in [0, 0.05) is 13.1 Å². The van der Waals surface area contributed by atoms with E-state index in [-0.39, 0.29) is 10.9 Å². The highest BCUT2D eigenvalue weighted by Gasteiger charge is 1.98. The summed E-state index contributed by atoms with van der Waals surface area (Å²) in [6.07, 6.45) is 2.91. The van der Waals surface area contributed by atoms with Gasteiger partial charge >= 0.3 is 0 Å². The summed E-state index contributed by atoms with van der Waals surface area (Å²) in [5.41, 5.74) is 0.681. The van der Waals surface area contributed by atoms with Gasteiger partial charge in [-0.15, -0.1) is 0 Å². The number of nitrogens with one attached hydrogen (secondary N) is 1. The average molecular weight is 214 g/mol. The molecule has 0 bridgehead atoms. The number of carbonyl (C=O) groups is 1. The summed E-state index contributed by atoms with van der Waals surface area (Å²) < 4.78 is 12.7. The fourth-order valence-corrected chi connectivity index (χ4v) is 1.06. The second-order valence-electron chi connectivity index (χ2n) is 2.62. The van der Waals surface area contributed by atoms with Crippen molar-refractivity contribution in [3.05, 3.63) is 40.7 Å². The van der Waals surface area contributed by atoms with Crippen molar-refractivity contribution < 1.29 is 9.18 Å². The van der Waals surface area contributed by atoms with Crippen molar-refractivity contribution in [3.8, 4) is 0 Å². The van der Waals surface area contributed by atoms with Gasteiger partial charge in [0.25, 0.3) is 0 Å². The minimum Gasteiger partial charge on any atom is -0.356 e. The molecule has 0 saturated heterocycles. The zero-order chi connectivity index (χ0) is 10.6. The second-order valence-corrected chi connectivity index (χ2v) is 3.03. The van der Waals surface area contributed by atoms with Crippen LogP contribution in [0, 0.1) is 5.82 Å². The fraction of sp³-hybridized carbons (Fsp3) is 0.100. The Bertz CT molecular complexity index is 376. The molecule has 4 heteroatoms. The Morgan fingerprint density at radius 3 is 2.86 bits per heavy atom. The number of amides is 1. The fourth-order valence-electron chi connectivity index (χ4n) is 0.871. The van der Waals surface area contributed by atoms with E-state index in [0.29, 0.717) is 5.56 Å². The molecule has 0 aliphatic carbocycles. The van der Waals surface area contributed by atoms with Crippen LogP contribution >= 0.6 is 11.6 Å². The number of hydrogen-bond donors (Lipinski definition) is 1. The zero-order valence-corrected chi connectivity index (χ0v) is 8.31. The van der Waals surface area contributed by atoms with Gasteiger partial charge in [-0.25, -0.2) is 4.39 Å². The summed E-state index contributed by atoms with van der Waals surface area (Å²) in [5, 5.41) is 2.47. The number of rotatable bonds is 2. The summed E-state index contributed by atoms with van der Waals surface area (Å²) in [6.45, 7) is 0. The van der Waals surface area contributed by atoms with E-state index >= 15 is 0 Å². The molecular weight excluding hydrogens is 205 g/mol. The highest BCUT2D eigenvalue weighted by molar-refractivity contribution is 6.30. The average Bonchev–Trinajstić information content (AvgIpc) is 2.19. The Balaban J connectivity index is 2.83. The van der Waals surface area contributed by atoms with Crippen molar-refractivity contribution in [3.63, 3.8) is 0 Å². The minimum absolute atomic E-state index is 0.0454. The third kappa shape index (κ3) is 2.85. The van der Waals surface area contributed by atoms with E-state index in [1.54, 1.807) is 12.1 Å². The van der Waals surface area contributed by atoms with Crippen LogP contribution in [-0.2, 0) is 4.79 Å². The van der Waals surface area contributed by atoms with Crippen LogP contribution in [0.15, 0.2) is 24.3 Å². The van der Waals surface area contributed by atoms with Crippen molar-refractivity contribution in [2.75, 3.05) is 7.05 Å². The monoisotopic (exact) mass is 213 g/mol. The number of hydrogen-bond acceptors (Lipinski definition) is 1. The second kappa shape index (κ2) is 4.77. The Labute approximate surface area is 86.4 Å². The Morgan fingerprint density at radius 1 is 1.57 bits per heavy atom. The molecule has 0 heterocycles. The minimum atomic E-state index is -0.469. The maximum atomic E-state index is 12.7. The first-order chi connectivity index (χ1) is 6.63. The molecule has 1 N–H and O–H groups in total. The van der Waals surface area contributed by atoms with Gasteiger partial charge in [0.15, 0.2) is 0 Å². The summed E-state index contributed by atoms with van der Waals surface area (Å²) in [6, 6.07) is 4.25. The summed E-state index contributed by atoms with van der Waals surface area (Å²) >= 11 is 5.55. The SMILES string of the molecule is CNC(=O)/C=C/c1ccc(F)c(Cl)c1. The van der Waals surface area contributed by atoms with E-state index in [1.807, 2.05) is 0 Å². The van der Waals surface area contributed by atoms with E-state index in [9.17, 15) is 9.18 Å². The Hall–Kier alpha value is -1.35. The van der Waals surface area contributed by atoms with Gasteiger partial charge in [-0.1, -0.05) is 17.7 Å². The Kier molecular flexibility index (Phi) is 3.65. The largest absolute Gasteiger partial charge is 0.356 e. The summed E-state index contributed by atoms with van der Waals surface area (Å²) in [7, 11) is 1.53. The standard InChI is InChI=1S/C10H9ClFNO/c1-13-10(14)5-3-7-2-4-9(12)8(11)6-7/h2-6H,1H3,(H,13,14)/b5-3+. The molecule has 1 aromatic carbocycles. The molecular formula is C10H9ClFNO. The molecule has 0 atom stereocenters. The molecule has 1 amide bonds. The van der Waals surface area contributed by atoms with E-state index in [2.05, 4.69) is 5.32 Å². The lowest BCUT2D eigenvalue weighted by molar-refractivity contribution is -0.115. The normalized spacial score (nSPS) is 10.5. The molecule has 0 aliphatic heterocycles. The maximum Gasteiger partial charge on any atom is 0.243 e. The van der Waals surface area contributed by atoms with Gasteiger partial charge in [0.2, 0.25) is 5.91 Å². The van der Waals surface area contributed by atoms with Crippen molar-refractivity contribution in [2.45, 2.75) is 0 Å². The molecule has 14 heavy (non-hydrogen) atoms. The number of likely N-dealkylation sites (N-methyl/N-ethyl adjacent to an activating group) is 1. The molecule has 0 radical (unpaired) electrons. The van der Waals surface area contributed by atoms with Crippen LogP contribution < -0.4 is 5.32 Å². The highest BCUT2D eigenvalue weighted by Crippen LogP contribution is 2.16. The lowest BCUT2D eigenvalue weighted by atomic mass is 10.2. The third-order valence-corrected chi connectivity index (χ3v) is 1.91. The van der Waals surface area contributed by atoms with Gasteiger partial charge in [-0.3, -0.25) is 4.79 Å². The van der Waals surface area contributed by atoms with E-state index < -0.39 is 5.82 Å². The number of benzene rings is 1. The zero-order valence-electron chi connectivity index (χ0n) is 7.55. The van der Waals surface area contributed by atoms with Crippen molar-refractivity contribution >= 4 is 23.6 Å². The topological polar surface area (TPSA) is 29.1 Å². The van der Waals surface area contributed by atoms with Crippen LogP contribution in [0.2, 0.25) is 5.02 Å². The predicted molar refractivity (Wildman–Crippen MR) is 54.5 cm³/mol. The van der Waals surface area contributed by atoms with E-state index in [1.165, 1.54) is 25.3 Å². The molecule has 0 unspecified atom stereocenters. The van der Waals surface area contributed by atoms with Crippen molar-refractivity contribution in [1.29, 1.82) is 0 Å². The van der Waals surface area contributed by atoms with E-state index in [4.69, 9.17) is 11.6 Å². The van der Waals surface area contributed by atoms with Crippen LogP contribution in [0.4, 0.5) is 4.39 Å². The molecule has 74 valence electrons. The van der Waals surface area contributed by atoms with Crippen LogP contribution in [-0.4, -0.2) is 13.0 Å². The summed E-state index contributed by atoms with van der Waals surface area (Å²) in [4.78, 5) is 10.8. The van der Waals surface area contributed by atoms with Crippen molar-refractivity contribution in [2.24, 2.45) is 0 Å². The van der Waals surface area contributed by atoms with Crippen LogP contribution in [0.3, 0.4) is 0 Å². The Morgan fingerprint density at radius 2 is 2.29 bits per heavy atom. The molecule has 1 rings (SSSR count). The first-order valence-corrected chi connectivity index (χ1v) is 4.36. The predicted octanol–water partition coefficient (Wildman–Crippen LogP) is 2.24. The molecule has 0 aliphatic rings. The maximum absolute atomic E-state index is 12.7. The first kappa shape index (κ1) is 10.7. The number of halogens is 2. The van der Waals surface area contributed by atoms with Crippen molar-refractivity contribution in [1.82, 2.24) is 5.32 Å². The molecule has 0 spiro atoms. The first-order valence-electron chi connectivity index (χ1n) is 3.98. The number of carbonyl (C=O) groups excluding carboxylic acids is 1. The van der Waals surface area contributed by atoms with Gasteiger partial charge in [-0.05, 0) is 23.8 Å². The van der Waals surface area contributed by atoms with Gasteiger partial charge in [0.1, 0.15) is 5.82 Å². The van der Waals surface area contributed by atoms with Crippen LogP contribution in [0.1, 0.15) is 5.56 Å². The lowest BCUT2D eigenvalue weighted by Crippen LogP contribution is -2.13. The molecule has 0 fully saturated rings. The highest BCUT2D eigenvalue weighted by atomic mass is 35.5. The van der Waals surface area contributed by atoms with Gasteiger partial charge in [-0.2, -0.15) is 0 Å². The molecule has 0 saturated carbocycles. The van der Waals surface area contributed by atoms with Gasteiger partial charge in [0.05, 0.1) is 5.02 Å². The van der Waals surface area contributed by atoms with Crippen LogP contribution in [0.5, 0.6) is 0 Å². The third-order valence-electron chi connectivity index (χ3n) is 1.62.